The van der Waals surface area contributed by atoms with Crippen LogP contribution < -0.4 is 54.5 Å². The summed E-state index contributed by atoms with van der Waals surface area (Å²) in [4.78, 5) is 193. The van der Waals surface area contributed by atoms with Crippen molar-refractivity contribution >= 4 is 101 Å². The second kappa shape index (κ2) is 39.9. The molecular weight excluding hydrogens is 1270 g/mol. The van der Waals surface area contributed by atoms with Crippen molar-refractivity contribution < 1.29 is 97.6 Å². The van der Waals surface area contributed by atoms with Gasteiger partial charge >= 0.3 is 11.9 Å². The number of aliphatic carboxylic acids is 1. The highest BCUT2D eigenvalue weighted by Crippen LogP contribution is 2.26. The number of carbonyl (C=O) groups is 14. The number of carbonyl (C=O) groups excluding carboxylic acids is 13. The number of hydrogen-bond acceptors (Lipinski definition) is 19. The fraction of sp³-hybridized carbons (Fsp3) is 0.585. The lowest BCUT2D eigenvalue weighted by Crippen LogP contribution is -2.78. The molecule has 0 aliphatic carbocycles. The number of carboxylic acids is 1. The molecule has 30 nitrogen and oxygen atoms in total. The molecule has 0 saturated carbocycles. The molecule has 0 bridgehead atoms. The highest BCUT2D eigenvalue weighted by atomic mass is 32.1. The third-order valence-corrected chi connectivity index (χ3v) is 17.1. The Bertz CT molecular complexity index is 3110. The van der Waals surface area contributed by atoms with Gasteiger partial charge in [0.2, 0.25) is 47.3 Å². The monoisotopic (exact) mass is 1370 g/mol. The number of likely N-dealkylation sites (tertiary alicyclic amines) is 1. The minimum Gasteiger partial charge on any atom is -0.508 e. The maximum absolute atomic E-state index is 14.2. The summed E-state index contributed by atoms with van der Waals surface area (Å²) in [7, 11) is 0. The number of phenols is 2. The lowest BCUT2D eigenvalue weighted by atomic mass is 9.86. The van der Waals surface area contributed by atoms with Gasteiger partial charge in [-0.05, 0) is 92.2 Å². The summed E-state index contributed by atoms with van der Waals surface area (Å²) in [6.45, 7) is 7.70. The number of aromatic hydroxyl groups is 2. The number of aliphatic hydroxyl groups is 2. The van der Waals surface area contributed by atoms with E-state index < -0.39 is 199 Å². The van der Waals surface area contributed by atoms with E-state index in [9.17, 15) is 92.7 Å². The van der Waals surface area contributed by atoms with Gasteiger partial charge in [0.1, 0.15) is 40.7 Å². The molecule has 31 heteroatoms. The van der Waals surface area contributed by atoms with E-state index in [1.807, 2.05) is 13.8 Å². The largest absolute Gasteiger partial charge is 0.508 e. The van der Waals surface area contributed by atoms with E-state index in [0.717, 1.165) is 4.90 Å². The number of guanidine groups is 1. The zero-order chi connectivity index (χ0) is 72.3. The Labute approximate surface area is 562 Å². The number of nitrogens with two attached hydrogens (primary N) is 4. The average Bonchev–Trinajstić information content (AvgIpc) is 1.46. The van der Waals surface area contributed by atoms with Gasteiger partial charge in [0.05, 0.1) is 50.7 Å². The van der Waals surface area contributed by atoms with Crippen LogP contribution in [-0.4, -0.2) is 187 Å². The molecule has 1 fully saturated rings. The van der Waals surface area contributed by atoms with Crippen molar-refractivity contribution in [3.05, 3.63) is 59.7 Å². The van der Waals surface area contributed by atoms with Crippen molar-refractivity contribution in [2.75, 3.05) is 32.8 Å². The van der Waals surface area contributed by atoms with Gasteiger partial charge < -0.3 is 68.5 Å². The summed E-state index contributed by atoms with van der Waals surface area (Å²) < 4.78 is 0. The molecular formula is C65H96N11O19S+. The number of phenolic OH excluding ortho intramolecular Hbond substituents is 2. The molecule has 1 aliphatic heterocycles. The highest BCUT2D eigenvalue weighted by molar-refractivity contribution is 7.81. The van der Waals surface area contributed by atoms with Crippen LogP contribution in [-0.2, 0) is 80.0 Å². The number of carboxylic acid groups (broad SMARTS) is 1. The maximum Gasteiger partial charge on any atom is 0.338 e. The number of rotatable bonds is 44. The summed E-state index contributed by atoms with van der Waals surface area (Å²) in [5.74, 6) is -20.0. The Morgan fingerprint density at radius 2 is 1.14 bits per heavy atom. The second-order valence-electron chi connectivity index (χ2n) is 25.4. The van der Waals surface area contributed by atoms with Gasteiger partial charge in [0, 0.05) is 68.2 Å². The number of primary amides is 2. The molecule has 1 aliphatic rings. The first-order valence-corrected chi connectivity index (χ1v) is 32.4. The molecule has 96 heavy (non-hydrogen) atoms. The number of Topliss-reactive ketones (excluding diaryl/α,β-unsaturated/α-hetero) is 5. The Morgan fingerprint density at radius 1 is 0.604 bits per heavy atom. The molecule has 0 spiro atoms. The highest BCUT2D eigenvalue weighted by Gasteiger charge is 2.42. The predicted octanol–water partition coefficient (Wildman–Crippen LogP) is -2.97. The fourth-order valence-corrected chi connectivity index (χ4v) is 11.3. The van der Waals surface area contributed by atoms with Crippen LogP contribution in [0.4, 0.5) is 0 Å². The number of thiol groups is 1. The quantitative estimate of drug-likeness (QED) is 0.0136. The summed E-state index contributed by atoms with van der Waals surface area (Å²) in [5, 5.41) is 60.0. The number of nitrogens with one attached hydrogen (secondary N) is 6. The van der Waals surface area contributed by atoms with E-state index in [1.54, 1.807) is 19.1 Å². The molecule has 2 aromatic rings. The maximum atomic E-state index is 14.2. The van der Waals surface area contributed by atoms with Crippen LogP contribution in [0, 0.1) is 47.3 Å². The van der Waals surface area contributed by atoms with Gasteiger partial charge in [-0.1, -0.05) is 65.8 Å². The molecule has 0 unspecified atom stereocenters. The SMILES string of the molecule is CC(C)C[C@H](C)C(=O)C[C@@H](Cc1ccc(O)cc1)C(=O)N[C@@H](CCC[NH+]=C(N)N)C(=O)C[C@@H](C)C(=O)N[C@@H](CC(N)=O)C(=O)C[C@H](C(=O)N[C@H](C(=O)C[C@@H](CO)C(=O)N1CCC[C@H]1C(=O)NCC(=O)C[C@@H](Cc1ccc(O)cc1)C(=O)N[C@@H](CO)C(N)=O)[C@@H](S)C(=O)O)C(C)C. The van der Waals surface area contributed by atoms with Crippen LogP contribution in [0.15, 0.2) is 48.5 Å². The van der Waals surface area contributed by atoms with E-state index in [4.69, 9.17) is 22.9 Å². The van der Waals surface area contributed by atoms with Gasteiger partial charge in [-0.15, -0.1) is 0 Å². The number of aliphatic hydroxyl groups excluding tert-OH is 2. The van der Waals surface area contributed by atoms with E-state index in [1.165, 1.54) is 57.2 Å². The average molecular weight is 1370 g/mol. The van der Waals surface area contributed by atoms with Gasteiger partial charge in [-0.25, -0.2) is 0 Å². The molecule has 8 amide bonds. The molecule has 12 atom stereocenters. The van der Waals surface area contributed by atoms with E-state index in [2.05, 4.69) is 44.2 Å². The number of ketones is 5. The Balaban J connectivity index is 1.78. The Hall–Kier alpha value is -8.84. The van der Waals surface area contributed by atoms with Crippen LogP contribution in [0.2, 0.25) is 0 Å². The van der Waals surface area contributed by atoms with Crippen molar-refractivity contribution in [3.8, 4) is 11.5 Å². The van der Waals surface area contributed by atoms with E-state index in [-0.39, 0.29) is 93.1 Å². The van der Waals surface area contributed by atoms with Gasteiger partial charge in [0.25, 0.3) is 0 Å². The molecule has 0 aromatic heterocycles. The van der Waals surface area contributed by atoms with Crippen LogP contribution in [0.1, 0.15) is 123 Å². The third kappa shape index (κ3) is 27.1. The summed E-state index contributed by atoms with van der Waals surface area (Å²) >= 11 is 4.07. The predicted molar refractivity (Wildman–Crippen MR) is 350 cm³/mol. The minimum atomic E-state index is -2.02. The lowest BCUT2D eigenvalue weighted by Gasteiger charge is -2.29. The van der Waals surface area contributed by atoms with E-state index in [0.29, 0.717) is 17.5 Å². The number of hydrogen-bond donors (Lipinski definition) is 16. The first-order chi connectivity index (χ1) is 45.1. The zero-order valence-corrected chi connectivity index (χ0v) is 56.0. The van der Waals surface area contributed by atoms with Crippen molar-refractivity contribution in [1.82, 2.24) is 31.5 Å². The smallest absolute Gasteiger partial charge is 0.338 e. The number of benzene rings is 2. The summed E-state index contributed by atoms with van der Waals surface area (Å²) in [6.07, 6.45) is -2.48. The van der Waals surface area contributed by atoms with Gasteiger partial charge in [0.15, 0.2) is 23.1 Å². The third-order valence-electron chi connectivity index (χ3n) is 16.6. The van der Waals surface area contributed by atoms with Crippen molar-refractivity contribution in [2.24, 2.45) is 70.3 Å². The number of nitrogens with zero attached hydrogens (tertiary/aromatic N) is 1. The molecule has 1 saturated heterocycles. The molecule has 1 heterocycles. The van der Waals surface area contributed by atoms with Crippen LogP contribution in [0.3, 0.4) is 0 Å². The first-order valence-electron chi connectivity index (χ1n) is 31.9. The van der Waals surface area contributed by atoms with E-state index >= 15 is 0 Å². The van der Waals surface area contributed by atoms with Crippen LogP contribution >= 0.6 is 12.6 Å². The van der Waals surface area contributed by atoms with Gasteiger partial charge in [-0.2, -0.15) is 12.6 Å². The van der Waals surface area contributed by atoms with Gasteiger partial charge in [-0.3, -0.25) is 83.6 Å². The fourth-order valence-electron chi connectivity index (χ4n) is 11.1. The molecule has 2 aromatic carbocycles. The van der Waals surface area contributed by atoms with Crippen LogP contribution in [0.25, 0.3) is 0 Å². The lowest BCUT2D eigenvalue weighted by molar-refractivity contribution is -0.459. The molecule has 530 valence electrons. The minimum absolute atomic E-state index is 0.0145. The first kappa shape index (κ1) is 81.4. The Morgan fingerprint density at radius 3 is 1.64 bits per heavy atom. The standard InChI is InChI=1S/C65H95N11O19S/c1-33(2)21-35(5)50(82)26-40(24-38-13-17-43(80)18-14-38)60(90)72-46(9-7-19-70-65(68)69)51(83)22-36(6)58(88)73-47(29-54(66)86)52(84)28-45(34(3)4)61(91)75-55(56(96)64(94)95)53(85)27-41(31-77)63(93)76-20-8-10-49(76)62(92)71-30-44(81)25-39(23-37-11-15-42(79)16-12-37)59(89)74-48(32-78)57(67)87/h11-18,33-36,39-41,45-49,55-56,77-80,96H,7-10,19-32H2,1-6H3,(H2,66,86)(H2,67,87)(H,71,92)(H,72,90)(H,73,88)(H,74,89)(H,75,91)(H,94,95)(H4,68,69,70)/p+1/t35-,36+,39+,40+,41-,45-,46-,47-,48-,49-,55+,56+/m0/s1. The molecule has 3 rings (SSSR count). The van der Waals surface area contributed by atoms with Crippen molar-refractivity contribution in [2.45, 2.75) is 160 Å². The second-order valence-corrected chi connectivity index (χ2v) is 25.9. The Kier molecular flexibility index (Phi) is 33.8. The van der Waals surface area contributed by atoms with Crippen molar-refractivity contribution in [1.29, 1.82) is 0 Å². The zero-order valence-electron chi connectivity index (χ0n) is 55.1. The molecule has 0 radical (unpaired) electrons. The van der Waals surface area contributed by atoms with Crippen molar-refractivity contribution in [3.63, 3.8) is 0 Å². The van der Waals surface area contributed by atoms with Crippen LogP contribution in [0.5, 0.6) is 11.5 Å². The number of amides is 8. The molecule has 19 N–H and O–H groups in total. The summed E-state index contributed by atoms with van der Waals surface area (Å²) in [6, 6.07) is 4.13. The normalized spacial score (nSPS) is 16.3. The summed E-state index contributed by atoms with van der Waals surface area (Å²) in [5.41, 5.74) is 23.1. The topological polar surface area (TPSA) is 522 Å².